The van der Waals surface area contributed by atoms with Gasteiger partial charge in [0.2, 0.25) is 0 Å². The van der Waals surface area contributed by atoms with Gasteiger partial charge >= 0.3 is 8.80 Å². The highest BCUT2D eigenvalue weighted by atomic mass is 28.4. The van der Waals surface area contributed by atoms with E-state index in [4.69, 9.17) is 13.3 Å². The molecule has 0 aromatic carbocycles. The number of hydrogen-bond donors (Lipinski definition) is 1. The zero-order valence-corrected chi connectivity index (χ0v) is 13.6. The molecule has 0 aromatic rings. The first-order valence-corrected chi connectivity index (χ1v) is 9.84. The maximum Gasteiger partial charge on any atom is 0.500 e. The van der Waals surface area contributed by atoms with Gasteiger partial charge in [0.1, 0.15) is 0 Å². The van der Waals surface area contributed by atoms with Gasteiger partial charge in [-0.3, -0.25) is 0 Å². The second-order valence-electron chi connectivity index (χ2n) is 5.58. The minimum Gasteiger partial charge on any atom is -0.374 e. The van der Waals surface area contributed by atoms with Gasteiger partial charge in [0, 0.05) is 37.9 Å². The predicted octanol–water partition coefficient (Wildman–Crippen LogP) is 2.57. The normalized spacial score (nSPS) is 30.2. The summed E-state index contributed by atoms with van der Waals surface area (Å²) in [7, 11) is -2.41. The van der Waals surface area contributed by atoms with E-state index in [0.29, 0.717) is 19.8 Å². The van der Waals surface area contributed by atoms with E-state index in [-0.39, 0.29) is 0 Å². The van der Waals surface area contributed by atoms with Crippen molar-refractivity contribution in [3.63, 3.8) is 0 Å². The van der Waals surface area contributed by atoms with Crippen LogP contribution in [0.2, 0.25) is 6.04 Å². The average Bonchev–Trinajstić information content (AvgIpc) is 3.16. The van der Waals surface area contributed by atoms with Gasteiger partial charge < -0.3 is 18.6 Å². The summed E-state index contributed by atoms with van der Waals surface area (Å²) in [5.41, 5.74) is 0. The summed E-state index contributed by atoms with van der Waals surface area (Å²) in [6.07, 6.45) is 5.22. The van der Waals surface area contributed by atoms with Crippen molar-refractivity contribution in [3.05, 3.63) is 0 Å². The van der Waals surface area contributed by atoms with Gasteiger partial charge in [-0.2, -0.15) is 0 Å². The van der Waals surface area contributed by atoms with Crippen LogP contribution >= 0.6 is 0 Å². The predicted molar refractivity (Wildman–Crippen MR) is 78.1 cm³/mol. The zero-order chi connectivity index (χ0) is 13.7. The van der Waals surface area contributed by atoms with Crippen LogP contribution in [0, 0.1) is 5.92 Å². The number of fused-ring (bicyclic) bond motifs is 1. The van der Waals surface area contributed by atoms with E-state index in [2.05, 4.69) is 5.32 Å². The Morgan fingerprint density at radius 1 is 0.947 bits per heavy atom. The lowest BCUT2D eigenvalue weighted by molar-refractivity contribution is 0.0691. The van der Waals surface area contributed by atoms with Crippen LogP contribution in [0.25, 0.3) is 0 Å². The van der Waals surface area contributed by atoms with Crippen molar-refractivity contribution in [2.75, 3.05) is 19.8 Å². The number of hydrogen-bond acceptors (Lipinski definition) is 4. The van der Waals surface area contributed by atoms with Gasteiger partial charge in [-0.05, 0) is 52.4 Å². The first kappa shape index (κ1) is 15.4. The largest absolute Gasteiger partial charge is 0.500 e. The van der Waals surface area contributed by atoms with Crippen molar-refractivity contribution in [2.45, 2.75) is 64.6 Å². The quantitative estimate of drug-likeness (QED) is 0.523. The van der Waals surface area contributed by atoms with Crippen molar-refractivity contribution in [1.29, 1.82) is 0 Å². The summed E-state index contributed by atoms with van der Waals surface area (Å²) in [4.78, 5) is 0. The van der Waals surface area contributed by atoms with Gasteiger partial charge in [0.25, 0.3) is 0 Å². The van der Waals surface area contributed by atoms with Crippen molar-refractivity contribution >= 4 is 8.80 Å². The van der Waals surface area contributed by atoms with E-state index in [1.54, 1.807) is 0 Å². The highest BCUT2D eigenvalue weighted by molar-refractivity contribution is 6.60. The molecule has 1 aliphatic carbocycles. The number of rotatable bonds is 9. The van der Waals surface area contributed by atoms with Crippen molar-refractivity contribution in [3.8, 4) is 0 Å². The Morgan fingerprint density at radius 3 is 2.11 bits per heavy atom. The molecular formula is C14H29NO3Si. The highest BCUT2D eigenvalue weighted by Crippen LogP contribution is 2.36. The topological polar surface area (TPSA) is 49.6 Å². The molecule has 0 radical (unpaired) electrons. The van der Waals surface area contributed by atoms with E-state index in [9.17, 15) is 0 Å². The Morgan fingerprint density at radius 2 is 1.58 bits per heavy atom. The molecule has 1 aliphatic heterocycles. The molecule has 0 aromatic heterocycles. The summed E-state index contributed by atoms with van der Waals surface area (Å²) in [6.45, 7) is 8.13. The number of nitrogens with one attached hydrogen (secondary N) is 1. The van der Waals surface area contributed by atoms with Gasteiger partial charge in [-0.15, -0.1) is 0 Å². The van der Waals surface area contributed by atoms with Gasteiger partial charge in [-0.25, -0.2) is 0 Å². The minimum absolute atomic E-state index is 0.684. The molecule has 19 heavy (non-hydrogen) atoms. The monoisotopic (exact) mass is 287 g/mol. The second-order valence-corrected chi connectivity index (χ2v) is 8.31. The van der Waals surface area contributed by atoms with Crippen LogP contribution in [0.1, 0.15) is 46.5 Å². The Kier molecular flexibility index (Phi) is 5.83. The first-order chi connectivity index (χ1) is 9.23. The third-order valence-electron chi connectivity index (χ3n) is 4.23. The molecule has 112 valence electrons. The minimum atomic E-state index is -2.41. The van der Waals surface area contributed by atoms with E-state index < -0.39 is 8.80 Å². The molecule has 4 nitrogen and oxygen atoms in total. The fourth-order valence-corrected chi connectivity index (χ4v) is 6.04. The van der Waals surface area contributed by atoms with Crippen molar-refractivity contribution in [1.82, 2.24) is 5.32 Å². The van der Waals surface area contributed by atoms with Crippen molar-refractivity contribution in [2.24, 2.45) is 5.92 Å². The molecule has 0 amide bonds. The molecule has 5 heteroatoms. The van der Waals surface area contributed by atoms with Gasteiger partial charge in [0.15, 0.2) is 0 Å². The van der Waals surface area contributed by atoms with Crippen LogP contribution in [0.3, 0.4) is 0 Å². The van der Waals surface area contributed by atoms with Crippen LogP contribution in [0.4, 0.5) is 0 Å². The fourth-order valence-electron chi connectivity index (χ4n) is 3.27. The Hall–Kier alpha value is 0.0569. The highest BCUT2D eigenvalue weighted by Gasteiger charge is 2.44. The molecule has 3 atom stereocenters. The molecule has 2 rings (SSSR count). The lowest BCUT2D eigenvalue weighted by Gasteiger charge is -2.30. The van der Waals surface area contributed by atoms with Crippen LogP contribution in [0.5, 0.6) is 0 Å². The molecule has 3 unspecified atom stereocenters. The Bertz CT molecular complexity index is 260. The molecule has 2 fully saturated rings. The maximum atomic E-state index is 5.92. The molecule has 1 saturated carbocycles. The summed E-state index contributed by atoms with van der Waals surface area (Å²) >= 11 is 0. The fraction of sp³-hybridized carbons (Fsp3) is 1.00. The lowest BCUT2D eigenvalue weighted by Crippen LogP contribution is -2.46. The smallest absolute Gasteiger partial charge is 0.374 e. The van der Waals surface area contributed by atoms with Gasteiger partial charge in [-0.1, -0.05) is 0 Å². The van der Waals surface area contributed by atoms with E-state index in [1.165, 1.54) is 25.7 Å². The summed E-state index contributed by atoms with van der Waals surface area (Å²) < 4.78 is 17.8. The molecule has 1 saturated heterocycles. The van der Waals surface area contributed by atoms with E-state index in [0.717, 1.165) is 24.0 Å². The molecular weight excluding hydrogens is 258 g/mol. The average molecular weight is 287 g/mol. The molecule has 0 bridgehead atoms. The molecule has 1 heterocycles. The van der Waals surface area contributed by atoms with Crippen LogP contribution < -0.4 is 5.32 Å². The molecule has 2 aliphatic rings. The summed E-state index contributed by atoms with van der Waals surface area (Å²) in [6, 6.07) is 2.62. The SMILES string of the molecule is CCO[Si](CCC1CCC2NC2C1)(OCC)OCC. The van der Waals surface area contributed by atoms with Crippen LogP contribution in [0.15, 0.2) is 0 Å². The molecule has 1 N–H and O–H groups in total. The van der Waals surface area contributed by atoms with Crippen molar-refractivity contribution < 1.29 is 13.3 Å². The maximum absolute atomic E-state index is 5.92. The van der Waals surface area contributed by atoms with Crippen LogP contribution in [-0.4, -0.2) is 40.7 Å². The third-order valence-corrected chi connectivity index (χ3v) is 7.32. The Labute approximate surface area is 118 Å². The van der Waals surface area contributed by atoms with E-state index >= 15 is 0 Å². The summed E-state index contributed by atoms with van der Waals surface area (Å²) in [5, 5.41) is 3.55. The summed E-state index contributed by atoms with van der Waals surface area (Å²) in [5.74, 6) is 0.824. The second kappa shape index (κ2) is 7.18. The zero-order valence-electron chi connectivity index (χ0n) is 12.6. The third kappa shape index (κ3) is 4.26. The lowest BCUT2D eigenvalue weighted by atomic mass is 9.88. The van der Waals surface area contributed by atoms with Gasteiger partial charge in [0.05, 0.1) is 0 Å². The molecule has 0 spiro atoms. The Balaban J connectivity index is 1.82. The first-order valence-electron chi connectivity index (χ1n) is 7.91. The van der Waals surface area contributed by atoms with E-state index in [1.807, 2.05) is 20.8 Å². The standard InChI is InChI=1S/C14H29NO3Si/c1-4-16-19(17-5-2,18-6-3)10-9-12-7-8-13-14(11-12)15-13/h12-15H,4-11H2,1-3H3. The van der Waals surface area contributed by atoms with Crippen LogP contribution in [-0.2, 0) is 13.3 Å².